The minimum Gasteiger partial charge on any atom is -0.481 e. The molecule has 40 heavy (non-hydrogen) atoms. The molecule has 2 fully saturated rings. The van der Waals surface area contributed by atoms with Crippen molar-refractivity contribution in [1.29, 1.82) is 0 Å². The highest BCUT2D eigenvalue weighted by Crippen LogP contribution is 2.38. The minimum absolute atomic E-state index is 0.260. The van der Waals surface area contributed by atoms with E-state index in [0.29, 0.717) is 36.8 Å². The third-order valence-corrected chi connectivity index (χ3v) is 7.59. The lowest BCUT2D eigenvalue weighted by molar-refractivity contribution is 0.0240. The van der Waals surface area contributed by atoms with E-state index in [9.17, 15) is 4.79 Å². The number of hydrogen-bond donors (Lipinski definition) is 1. The largest absolute Gasteiger partial charge is 0.481 e. The van der Waals surface area contributed by atoms with Crippen molar-refractivity contribution in [2.24, 2.45) is 0 Å². The van der Waals surface area contributed by atoms with Crippen LogP contribution in [0.4, 0.5) is 22.2 Å². The van der Waals surface area contributed by atoms with Crippen molar-refractivity contribution in [3.05, 3.63) is 36.8 Å². The number of nitrogens with one attached hydrogen (secondary N) is 1. The van der Waals surface area contributed by atoms with Gasteiger partial charge in [0.05, 0.1) is 30.7 Å². The van der Waals surface area contributed by atoms with Gasteiger partial charge in [-0.25, -0.2) is 19.7 Å². The SMILES string of the molecule is COc1cc2c3cnc(Nc4ccc(N5CCN(C(=O)OC(C)(C)C)CC5)cn4)nc3n(C3CCCC3)c2cn1. The first kappa shape index (κ1) is 26.1. The molecule has 6 rings (SSSR count). The quantitative estimate of drug-likeness (QED) is 0.358. The monoisotopic (exact) mass is 544 g/mol. The van der Waals surface area contributed by atoms with E-state index in [0.717, 1.165) is 53.6 Å². The number of piperazine rings is 1. The summed E-state index contributed by atoms with van der Waals surface area (Å²) in [5.74, 6) is 1.75. The van der Waals surface area contributed by atoms with Crippen LogP contribution in [0.15, 0.2) is 36.8 Å². The van der Waals surface area contributed by atoms with Gasteiger partial charge in [0.2, 0.25) is 11.8 Å². The van der Waals surface area contributed by atoms with Gasteiger partial charge in [-0.15, -0.1) is 0 Å². The van der Waals surface area contributed by atoms with Crippen molar-refractivity contribution in [2.45, 2.75) is 58.1 Å². The van der Waals surface area contributed by atoms with Gasteiger partial charge in [0.1, 0.15) is 17.1 Å². The van der Waals surface area contributed by atoms with Gasteiger partial charge in [-0.2, -0.15) is 4.98 Å². The molecule has 2 aliphatic rings. The summed E-state index contributed by atoms with van der Waals surface area (Å²) in [6.07, 6.45) is 10.0. The smallest absolute Gasteiger partial charge is 0.410 e. The second-order valence-corrected chi connectivity index (χ2v) is 11.5. The van der Waals surface area contributed by atoms with Crippen molar-refractivity contribution >= 4 is 45.5 Å². The van der Waals surface area contributed by atoms with Crippen LogP contribution in [0.2, 0.25) is 0 Å². The Morgan fingerprint density at radius 1 is 0.975 bits per heavy atom. The molecule has 0 radical (unpaired) electrons. The Morgan fingerprint density at radius 2 is 1.75 bits per heavy atom. The highest BCUT2D eigenvalue weighted by Gasteiger charge is 2.26. The molecule has 210 valence electrons. The van der Waals surface area contributed by atoms with Crippen LogP contribution in [-0.4, -0.2) is 74.4 Å². The number of carbonyl (C=O) groups excluding carboxylic acids is 1. The van der Waals surface area contributed by atoms with Crippen molar-refractivity contribution < 1.29 is 14.3 Å². The fourth-order valence-corrected chi connectivity index (χ4v) is 5.64. The summed E-state index contributed by atoms with van der Waals surface area (Å²) in [5, 5.41) is 5.32. The van der Waals surface area contributed by atoms with Crippen LogP contribution in [0.25, 0.3) is 21.9 Å². The number of hydrogen-bond acceptors (Lipinski definition) is 9. The Balaban J connectivity index is 1.18. The molecule has 0 atom stereocenters. The maximum atomic E-state index is 12.4. The fraction of sp³-hybridized carbons (Fsp3) is 0.483. The zero-order valence-electron chi connectivity index (χ0n) is 23.6. The van der Waals surface area contributed by atoms with Crippen LogP contribution in [0.1, 0.15) is 52.5 Å². The van der Waals surface area contributed by atoms with E-state index in [1.165, 1.54) is 12.8 Å². The predicted molar refractivity (Wildman–Crippen MR) is 154 cm³/mol. The van der Waals surface area contributed by atoms with Crippen molar-refractivity contribution in [3.63, 3.8) is 0 Å². The minimum atomic E-state index is -0.493. The van der Waals surface area contributed by atoms with Gasteiger partial charge in [0, 0.05) is 55.3 Å². The van der Waals surface area contributed by atoms with Crippen LogP contribution < -0.4 is 15.0 Å². The maximum Gasteiger partial charge on any atom is 0.410 e. The number of ether oxygens (including phenoxy) is 2. The Morgan fingerprint density at radius 3 is 2.42 bits per heavy atom. The van der Waals surface area contributed by atoms with Gasteiger partial charge in [-0.3, -0.25) is 0 Å². The van der Waals surface area contributed by atoms with Crippen LogP contribution in [0, 0.1) is 0 Å². The topological polar surface area (TPSA) is 111 Å². The lowest BCUT2D eigenvalue weighted by Gasteiger charge is -2.36. The number of pyridine rings is 2. The summed E-state index contributed by atoms with van der Waals surface area (Å²) < 4.78 is 13.2. The normalized spacial score (nSPS) is 16.6. The molecule has 1 N–H and O–H groups in total. The summed E-state index contributed by atoms with van der Waals surface area (Å²) in [6, 6.07) is 6.33. The van der Waals surface area contributed by atoms with Gasteiger partial charge in [0.15, 0.2) is 0 Å². The van der Waals surface area contributed by atoms with Crippen molar-refractivity contribution in [2.75, 3.05) is 43.5 Å². The van der Waals surface area contributed by atoms with Gasteiger partial charge >= 0.3 is 6.09 Å². The average Bonchev–Trinajstić information content (AvgIpc) is 3.58. The number of rotatable bonds is 5. The molecule has 4 aromatic heterocycles. The van der Waals surface area contributed by atoms with Gasteiger partial charge in [-0.1, -0.05) is 12.8 Å². The summed E-state index contributed by atoms with van der Waals surface area (Å²) in [6.45, 7) is 8.32. The van der Waals surface area contributed by atoms with Crippen LogP contribution >= 0.6 is 0 Å². The molecule has 1 saturated heterocycles. The van der Waals surface area contributed by atoms with Crippen LogP contribution in [-0.2, 0) is 4.74 Å². The summed E-state index contributed by atoms with van der Waals surface area (Å²) >= 11 is 0. The van der Waals surface area contributed by atoms with Crippen molar-refractivity contribution in [1.82, 2.24) is 29.4 Å². The second-order valence-electron chi connectivity index (χ2n) is 11.5. The molecule has 1 saturated carbocycles. The van der Waals surface area contributed by atoms with Gasteiger partial charge in [-0.05, 0) is 45.7 Å². The first-order chi connectivity index (χ1) is 19.3. The lowest BCUT2D eigenvalue weighted by atomic mass is 10.2. The molecule has 1 aliphatic heterocycles. The highest BCUT2D eigenvalue weighted by molar-refractivity contribution is 6.06. The molecule has 11 heteroatoms. The van der Waals surface area contributed by atoms with Gasteiger partial charge < -0.3 is 29.2 Å². The lowest BCUT2D eigenvalue weighted by Crippen LogP contribution is -2.50. The van der Waals surface area contributed by atoms with E-state index in [1.54, 1.807) is 12.0 Å². The average molecular weight is 545 g/mol. The maximum absolute atomic E-state index is 12.4. The Hall–Kier alpha value is -4.15. The standard InChI is InChI=1S/C29H36N8O3/c1-29(2,3)40-28(38)36-13-11-35(12-14-36)20-9-10-24(30-16-20)33-27-32-17-22-21-15-25(39-4)31-18-23(21)37(26(22)34-27)19-7-5-6-8-19/h9-10,15-19H,5-8,11-14H2,1-4H3,(H,30,32,33,34). The molecule has 0 bridgehead atoms. The first-order valence-electron chi connectivity index (χ1n) is 14.0. The number of methoxy groups -OCH3 is 1. The number of amides is 1. The summed E-state index contributed by atoms with van der Waals surface area (Å²) in [5.41, 5.74) is 2.47. The second kappa shape index (κ2) is 10.4. The molecule has 11 nitrogen and oxygen atoms in total. The first-order valence-corrected chi connectivity index (χ1v) is 14.0. The molecule has 1 aliphatic carbocycles. The van der Waals surface area contributed by atoms with E-state index in [2.05, 4.69) is 29.7 Å². The third kappa shape index (κ3) is 5.20. The molecule has 4 aromatic rings. The third-order valence-electron chi connectivity index (χ3n) is 7.59. The number of carbonyl (C=O) groups is 1. The van der Waals surface area contributed by atoms with E-state index in [-0.39, 0.29) is 6.09 Å². The number of anilines is 3. The Bertz CT molecular complexity index is 1510. The molecule has 1 amide bonds. The Kier molecular flexibility index (Phi) is 6.81. The van der Waals surface area contributed by atoms with E-state index in [4.69, 9.17) is 14.5 Å². The van der Waals surface area contributed by atoms with Gasteiger partial charge in [0.25, 0.3) is 0 Å². The molecular weight excluding hydrogens is 508 g/mol. The number of aromatic nitrogens is 5. The molecule has 0 spiro atoms. The highest BCUT2D eigenvalue weighted by atomic mass is 16.6. The van der Waals surface area contributed by atoms with Crippen LogP contribution in [0.5, 0.6) is 5.88 Å². The van der Waals surface area contributed by atoms with E-state index < -0.39 is 5.60 Å². The number of nitrogens with zero attached hydrogens (tertiary/aromatic N) is 7. The number of fused-ring (bicyclic) bond motifs is 3. The Labute approximate surface area is 233 Å². The molecule has 5 heterocycles. The summed E-state index contributed by atoms with van der Waals surface area (Å²) in [7, 11) is 1.63. The van der Waals surface area contributed by atoms with E-state index >= 15 is 0 Å². The molecular formula is C29H36N8O3. The van der Waals surface area contributed by atoms with Crippen molar-refractivity contribution in [3.8, 4) is 5.88 Å². The van der Waals surface area contributed by atoms with E-state index in [1.807, 2.05) is 57.6 Å². The predicted octanol–water partition coefficient (Wildman–Crippen LogP) is 5.30. The summed E-state index contributed by atoms with van der Waals surface area (Å²) in [4.78, 5) is 35.0. The molecule has 0 aromatic carbocycles. The zero-order chi connectivity index (χ0) is 27.9. The zero-order valence-corrected chi connectivity index (χ0v) is 23.6. The fourth-order valence-electron chi connectivity index (χ4n) is 5.64. The molecule has 0 unspecified atom stereocenters. The van der Waals surface area contributed by atoms with Crippen LogP contribution in [0.3, 0.4) is 0 Å².